The van der Waals surface area contributed by atoms with Crippen molar-refractivity contribution in [1.82, 2.24) is 14.7 Å². The highest BCUT2D eigenvalue weighted by atomic mass is 16.5. The van der Waals surface area contributed by atoms with E-state index in [2.05, 4.69) is 18.7 Å². The summed E-state index contributed by atoms with van der Waals surface area (Å²) < 4.78 is 19.0. The zero-order valence-corrected chi connectivity index (χ0v) is 21.4. The van der Waals surface area contributed by atoms with Crippen molar-refractivity contribution in [2.45, 2.75) is 52.2 Å². The van der Waals surface area contributed by atoms with Gasteiger partial charge in [0.25, 0.3) is 0 Å². The number of hydrogen-bond acceptors (Lipinski definition) is 6. The van der Waals surface area contributed by atoms with Crippen LogP contribution in [0.2, 0.25) is 0 Å². The van der Waals surface area contributed by atoms with E-state index in [1.54, 1.807) is 14.2 Å². The van der Waals surface area contributed by atoms with E-state index in [4.69, 9.17) is 19.3 Å². The molecule has 0 amide bonds. The van der Waals surface area contributed by atoms with Gasteiger partial charge in [-0.2, -0.15) is 5.10 Å². The third-order valence-corrected chi connectivity index (χ3v) is 5.98. The van der Waals surface area contributed by atoms with Crippen LogP contribution >= 0.6 is 0 Å². The Bertz CT molecular complexity index is 1010. The van der Waals surface area contributed by atoms with Crippen LogP contribution in [0.25, 0.3) is 5.69 Å². The minimum Gasteiger partial charge on any atom is -0.497 e. The number of nitrogens with zero attached hydrogens (tertiary/aromatic N) is 3. The summed E-state index contributed by atoms with van der Waals surface area (Å²) in [6.07, 6.45) is 3.26. The molecule has 35 heavy (non-hydrogen) atoms. The van der Waals surface area contributed by atoms with Crippen LogP contribution < -0.4 is 9.47 Å². The maximum absolute atomic E-state index is 10.6. The molecule has 7 heteroatoms. The van der Waals surface area contributed by atoms with Crippen molar-refractivity contribution < 1.29 is 19.3 Å². The van der Waals surface area contributed by atoms with Gasteiger partial charge in [-0.1, -0.05) is 44.9 Å². The molecule has 1 atom stereocenters. The fourth-order valence-corrected chi connectivity index (χ4v) is 4.03. The van der Waals surface area contributed by atoms with E-state index in [-0.39, 0.29) is 6.10 Å². The van der Waals surface area contributed by atoms with E-state index in [9.17, 15) is 5.11 Å². The predicted octanol–water partition coefficient (Wildman–Crippen LogP) is 5.24. The Morgan fingerprint density at radius 2 is 1.71 bits per heavy atom. The van der Waals surface area contributed by atoms with E-state index in [0.717, 1.165) is 48.4 Å². The second-order valence-corrected chi connectivity index (χ2v) is 8.63. The van der Waals surface area contributed by atoms with E-state index in [0.29, 0.717) is 37.9 Å². The molecule has 3 rings (SSSR count). The van der Waals surface area contributed by atoms with E-state index in [1.165, 1.54) is 0 Å². The number of benzene rings is 2. The quantitative estimate of drug-likeness (QED) is 0.320. The summed E-state index contributed by atoms with van der Waals surface area (Å²) in [7, 11) is 3.35. The fourth-order valence-electron chi connectivity index (χ4n) is 4.03. The highest BCUT2D eigenvalue weighted by Gasteiger charge is 2.23. The van der Waals surface area contributed by atoms with Gasteiger partial charge in [0.1, 0.15) is 11.5 Å². The van der Waals surface area contributed by atoms with Gasteiger partial charge in [-0.3, -0.25) is 4.90 Å². The topological polar surface area (TPSA) is 69.0 Å². The summed E-state index contributed by atoms with van der Waals surface area (Å²) in [4.78, 5) is 2.23. The molecule has 190 valence electrons. The molecular weight excluding hydrogens is 442 g/mol. The molecule has 1 N–H and O–H groups in total. The van der Waals surface area contributed by atoms with Gasteiger partial charge in [0.15, 0.2) is 0 Å². The highest BCUT2D eigenvalue weighted by molar-refractivity contribution is 5.44. The lowest BCUT2D eigenvalue weighted by Gasteiger charge is -2.25. The van der Waals surface area contributed by atoms with E-state index in [1.807, 2.05) is 59.3 Å². The van der Waals surface area contributed by atoms with Crippen molar-refractivity contribution in [3.8, 4) is 23.1 Å². The number of aromatic nitrogens is 2. The number of hydrogen-bond donors (Lipinski definition) is 1. The molecule has 2 aromatic carbocycles. The summed E-state index contributed by atoms with van der Waals surface area (Å²) in [6.45, 7) is 6.72. The first-order valence-electron chi connectivity index (χ1n) is 12.5. The smallest absolute Gasteiger partial charge is 0.227 e. The molecule has 3 aromatic rings. The average molecular weight is 482 g/mol. The van der Waals surface area contributed by atoms with Crippen molar-refractivity contribution in [2.75, 3.05) is 33.9 Å². The third kappa shape index (κ3) is 7.56. The summed E-state index contributed by atoms with van der Waals surface area (Å²) in [6, 6.07) is 17.6. The van der Waals surface area contributed by atoms with Crippen LogP contribution in [0.4, 0.5) is 0 Å². The predicted molar refractivity (Wildman–Crippen MR) is 139 cm³/mol. The lowest BCUT2D eigenvalue weighted by Crippen LogP contribution is -2.34. The first-order chi connectivity index (χ1) is 17.1. The van der Waals surface area contributed by atoms with E-state index < -0.39 is 0 Å². The largest absolute Gasteiger partial charge is 0.497 e. The molecule has 0 saturated heterocycles. The SMILES string of the molecule is CCCC[C@@H](O)CN(CCOC)Cc1c(CC)nn(-c2ccccc2)c1Oc1ccc(OC)cc1. The molecule has 0 aliphatic rings. The fraction of sp³-hybridized carbons (Fsp3) is 0.464. The normalized spacial score (nSPS) is 12.2. The van der Waals surface area contributed by atoms with Crippen LogP contribution in [-0.2, 0) is 17.7 Å². The van der Waals surface area contributed by atoms with Crippen LogP contribution in [-0.4, -0.2) is 59.8 Å². The van der Waals surface area contributed by atoms with Gasteiger partial charge in [-0.05, 0) is 49.2 Å². The number of aliphatic hydroxyl groups excluding tert-OH is 1. The van der Waals surface area contributed by atoms with E-state index >= 15 is 0 Å². The molecule has 7 nitrogen and oxygen atoms in total. The minimum absolute atomic E-state index is 0.382. The third-order valence-electron chi connectivity index (χ3n) is 5.98. The standard InChI is InChI=1S/C28H39N3O4/c1-5-7-13-23(32)20-30(18-19-33-3)21-26-27(6-2)29-31(22-11-9-8-10-12-22)28(26)35-25-16-14-24(34-4)15-17-25/h8-12,14-17,23,32H,5-7,13,18-21H2,1-4H3/t23-/m1/s1. The van der Waals surface area contributed by atoms with Crippen LogP contribution in [0, 0.1) is 0 Å². The number of methoxy groups -OCH3 is 2. The molecule has 1 heterocycles. The molecule has 0 unspecified atom stereocenters. The Hall–Kier alpha value is -2.87. The van der Waals surface area contributed by atoms with Gasteiger partial charge in [0, 0.05) is 26.7 Å². The Morgan fingerprint density at radius 1 is 1.00 bits per heavy atom. The van der Waals surface area contributed by atoms with Gasteiger partial charge in [0.05, 0.1) is 36.8 Å². The summed E-state index contributed by atoms with van der Waals surface area (Å²) >= 11 is 0. The Labute approximate surface area is 209 Å². The van der Waals surface area contributed by atoms with Crippen molar-refractivity contribution >= 4 is 0 Å². The average Bonchev–Trinajstić information content (AvgIpc) is 3.23. The maximum atomic E-state index is 10.6. The zero-order chi connectivity index (χ0) is 25.0. The highest BCUT2D eigenvalue weighted by Crippen LogP contribution is 2.33. The number of unbranched alkanes of at least 4 members (excludes halogenated alkanes) is 1. The lowest BCUT2D eigenvalue weighted by molar-refractivity contribution is 0.0786. The second-order valence-electron chi connectivity index (χ2n) is 8.63. The van der Waals surface area contributed by atoms with Crippen LogP contribution in [0.1, 0.15) is 44.4 Å². The van der Waals surface area contributed by atoms with Crippen molar-refractivity contribution in [2.24, 2.45) is 0 Å². The van der Waals surface area contributed by atoms with Crippen molar-refractivity contribution in [1.29, 1.82) is 0 Å². The Morgan fingerprint density at radius 3 is 2.34 bits per heavy atom. The maximum Gasteiger partial charge on any atom is 0.227 e. The van der Waals surface area contributed by atoms with Gasteiger partial charge in [-0.15, -0.1) is 0 Å². The molecule has 0 saturated carbocycles. The molecule has 1 aromatic heterocycles. The summed E-state index contributed by atoms with van der Waals surface area (Å²) in [5.41, 5.74) is 2.93. The number of aryl methyl sites for hydroxylation is 1. The number of ether oxygens (including phenoxy) is 3. The van der Waals surface area contributed by atoms with Crippen molar-refractivity contribution in [3.05, 3.63) is 65.9 Å². The molecular formula is C28H39N3O4. The molecule has 0 fully saturated rings. The van der Waals surface area contributed by atoms with Gasteiger partial charge < -0.3 is 19.3 Å². The molecule has 0 spiro atoms. The zero-order valence-electron chi connectivity index (χ0n) is 21.4. The Balaban J connectivity index is 1.98. The molecule has 0 aliphatic heterocycles. The van der Waals surface area contributed by atoms with Gasteiger partial charge in [0.2, 0.25) is 5.88 Å². The first-order valence-corrected chi connectivity index (χ1v) is 12.5. The lowest BCUT2D eigenvalue weighted by atomic mass is 10.1. The summed E-state index contributed by atoms with van der Waals surface area (Å²) in [5.74, 6) is 2.16. The molecule has 0 radical (unpaired) electrons. The molecule has 0 bridgehead atoms. The monoisotopic (exact) mass is 481 g/mol. The van der Waals surface area contributed by atoms with Gasteiger partial charge >= 0.3 is 0 Å². The number of rotatable bonds is 15. The first kappa shape index (κ1) is 26.7. The minimum atomic E-state index is -0.382. The van der Waals surface area contributed by atoms with Gasteiger partial charge in [-0.25, -0.2) is 4.68 Å². The van der Waals surface area contributed by atoms with Crippen LogP contribution in [0.15, 0.2) is 54.6 Å². The summed E-state index contributed by atoms with van der Waals surface area (Å²) in [5, 5.41) is 15.6. The van der Waals surface area contributed by atoms with Crippen LogP contribution in [0.5, 0.6) is 17.4 Å². The second kappa shape index (κ2) is 13.9. The van der Waals surface area contributed by atoms with Crippen LogP contribution in [0.3, 0.4) is 0 Å². The Kier molecular flexibility index (Phi) is 10.6. The molecule has 0 aliphatic carbocycles. The number of aliphatic hydroxyl groups is 1. The van der Waals surface area contributed by atoms with Crippen molar-refractivity contribution in [3.63, 3.8) is 0 Å². The number of para-hydroxylation sites is 1.